The van der Waals surface area contributed by atoms with Crippen LogP contribution in [0, 0.1) is 5.92 Å². The van der Waals surface area contributed by atoms with Crippen LogP contribution >= 0.6 is 0 Å². The van der Waals surface area contributed by atoms with E-state index in [1.807, 2.05) is 20.9 Å². The second kappa shape index (κ2) is 6.70. The Kier molecular flexibility index (Phi) is 5.54. The molecule has 5 nitrogen and oxygen atoms in total. The summed E-state index contributed by atoms with van der Waals surface area (Å²) in [5, 5.41) is 16.7. The van der Waals surface area contributed by atoms with E-state index < -0.39 is 6.10 Å². The zero-order valence-electron chi connectivity index (χ0n) is 12.5. The number of aromatic nitrogens is 2. The first-order valence-corrected chi connectivity index (χ1v) is 6.87. The summed E-state index contributed by atoms with van der Waals surface area (Å²) >= 11 is 0. The third kappa shape index (κ3) is 4.06. The van der Waals surface area contributed by atoms with Gasteiger partial charge in [-0.1, -0.05) is 34.1 Å². The van der Waals surface area contributed by atoms with Crippen LogP contribution in [-0.4, -0.2) is 33.4 Å². The van der Waals surface area contributed by atoms with E-state index in [4.69, 9.17) is 0 Å². The van der Waals surface area contributed by atoms with Crippen LogP contribution in [-0.2, 0) is 7.05 Å². The van der Waals surface area contributed by atoms with Crippen molar-refractivity contribution in [2.45, 2.75) is 46.1 Å². The minimum absolute atomic E-state index is 0.176. The van der Waals surface area contributed by atoms with Gasteiger partial charge < -0.3 is 10.4 Å². The monoisotopic (exact) mass is 267 g/mol. The van der Waals surface area contributed by atoms with Crippen molar-refractivity contribution in [3.05, 3.63) is 17.5 Å². The van der Waals surface area contributed by atoms with E-state index in [1.165, 1.54) is 0 Å². The minimum atomic E-state index is -0.512. The number of carbonyl (C=O) groups is 1. The molecule has 2 unspecified atom stereocenters. The molecule has 0 aliphatic carbocycles. The smallest absolute Gasteiger partial charge is 0.271 e. The topological polar surface area (TPSA) is 67.2 Å². The van der Waals surface area contributed by atoms with Crippen LogP contribution < -0.4 is 5.32 Å². The normalized spacial score (nSPS) is 14.5. The molecule has 0 saturated carbocycles. The Bertz CT molecular complexity index is 426. The predicted molar refractivity (Wildman–Crippen MR) is 75.1 cm³/mol. The van der Waals surface area contributed by atoms with Crippen molar-refractivity contribution in [3.8, 4) is 0 Å². The molecule has 1 aromatic rings. The highest BCUT2D eigenvalue weighted by molar-refractivity contribution is 5.92. The molecule has 0 saturated heterocycles. The fourth-order valence-corrected chi connectivity index (χ4v) is 1.89. The van der Waals surface area contributed by atoms with E-state index in [0.29, 0.717) is 11.6 Å². The zero-order chi connectivity index (χ0) is 14.6. The molecule has 1 aromatic heterocycles. The first-order chi connectivity index (χ1) is 8.86. The molecule has 0 fully saturated rings. The van der Waals surface area contributed by atoms with Crippen LogP contribution in [0.3, 0.4) is 0 Å². The zero-order valence-corrected chi connectivity index (χ0v) is 12.5. The predicted octanol–water partition coefficient (Wildman–Crippen LogP) is 1.68. The van der Waals surface area contributed by atoms with E-state index in [0.717, 1.165) is 12.1 Å². The third-order valence-electron chi connectivity index (χ3n) is 3.51. The molecule has 1 amide bonds. The van der Waals surface area contributed by atoms with Crippen LogP contribution in [0.5, 0.6) is 0 Å². The SMILES string of the molecule is CCC(C)C(O)CNC(=O)c1cc(C(C)C)n(C)n1. The quantitative estimate of drug-likeness (QED) is 0.824. The molecule has 5 heteroatoms. The van der Waals surface area contributed by atoms with Gasteiger partial charge in [0.05, 0.1) is 6.10 Å². The molecular formula is C14H25N3O2. The van der Waals surface area contributed by atoms with Gasteiger partial charge in [0.25, 0.3) is 5.91 Å². The minimum Gasteiger partial charge on any atom is -0.391 e. The Balaban J connectivity index is 2.61. The Labute approximate surface area is 115 Å². The van der Waals surface area contributed by atoms with E-state index >= 15 is 0 Å². The molecular weight excluding hydrogens is 242 g/mol. The van der Waals surface area contributed by atoms with E-state index in [9.17, 15) is 9.90 Å². The van der Waals surface area contributed by atoms with Crippen LogP contribution in [0.1, 0.15) is 56.2 Å². The van der Waals surface area contributed by atoms with Gasteiger partial charge >= 0.3 is 0 Å². The molecule has 0 spiro atoms. The van der Waals surface area contributed by atoms with Crippen molar-refractivity contribution in [2.75, 3.05) is 6.54 Å². The molecule has 0 aromatic carbocycles. The van der Waals surface area contributed by atoms with Gasteiger partial charge in [-0.2, -0.15) is 5.10 Å². The molecule has 0 aliphatic rings. The second-order valence-corrected chi connectivity index (χ2v) is 5.40. The summed E-state index contributed by atoms with van der Waals surface area (Å²) in [5.41, 5.74) is 1.43. The van der Waals surface area contributed by atoms with Crippen LogP contribution in [0.4, 0.5) is 0 Å². The number of amides is 1. The number of rotatable bonds is 6. The molecule has 0 bridgehead atoms. The maximum atomic E-state index is 12.0. The number of aryl methyl sites for hydroxylation is 1. The van der Waals surface area contributed by atoms with E-state index in [2.05, 4.69) is 24.3 Å². The van der Waals surface area contributed by atoms with Gasteiger partial charge in [0.1, 0.15) is 5.69 Å². The van der Waals surface area contributed by atoms with Gasteiger partial charge in [-0.05, 0) is 17.9 Å². The van der Waals surface area contributed by atoms with Gasteiger partial charge in [-0.3, -0.25) is 9.48 Å². The van der Waals surface area contributed by atoms with E-state index in [1.54, 1.807) is 10.7 Å². The molecule has 0 aliphatic heterocycles. The lowest BCUT2D eigenvalue weighted by molar-refractivity contribution is 0.0845. The lowest BCUT2D eigenvalue weighted by atomic mass is 10.0. The number of nitrogens with one attached hydrogen (secondary N) is 1. The highest BCUT2D eigenvalue weighted by atomic mass is 16.3. The second-order valence-electron chi connectivity index (χ2n) is 5.40. The molecule has 1 heterocycles. The van der Waals surface area contributed by atoms with Crippen molar-refractivity contribution >= 4 is 5.91 Å². The highest BCUT2D eigenvalue weighted by Gasteiger charge is 2.17. The Morgan fingerprint density at radius 1 is 1.47 bits per heavy atom. The Morgan fingerprint density at radius 3 is 2.58 bits per heavy atom. The summed E-state index contributed by atoms with van der Waals surface area (Å²) < 4.78 is 1.73. The van der Waals surface area contributed by atoms with Crippen molar-refractivity contribution < 1.29 is 9.90 Å². The number of hydrogen-bond acceptors (Lipinski definition) is 3. The van der Waals surface area contributed by atoms with Gasteiger partial charge in [0.2, 0.25) is 0 Å². The molecule has 2 atom stereocenters. The number of nitrogens with zero attached hydrogens (tertiary/aromatic N) is 2. The molecule has 108 valence electrons. The molecule has 1 rings (SSSR count). The summed E-state index contributed by atoms with van der Waals surface area (Å²) in [6.45, 7) is 8.37. The largest absolute Gasteiger partial charge is 0.391 e. The summed E-state index contributed by atoms with van der Waals surface area (Å²) in [6, 6.07) is 1.80. The number of hydrogen-bond donors (Lipinski definition) is 2. The number of carbonyl (C=O) groups excluding carboxylic acids is 1. The standard InChI is InChI=1S/C14H25N3O2/c1-6-10(4)13(18)8-15-14(19)11-7-12(9(2)3)17(5)16-11/h7,9-10,13,18H,6,8H2,1-5H3,(H,15,19). The third-order valence-corrected chi connectivity index (χ3v) is 3.51. The average molecular weight is 267 g/mol. The fourth-order valence-electron chi connectivity index (χ4n) is 1.89. The number of aliphatic hydroxyl groups excluding tert-OH is 1. The van der Waals surface area contributed by atoms with E-state index in [-0.39, 0.29) is 18.4 Å². The maximum Gasteiger partial charge on any atom is 0.271 e. The van der Waals surface area contributed by atoms with Crippen molar-refractivity contribution in [2.24, 2.45) is 13.0 Å². The summed E-state index contributed by atoms with van der Waals surface area (Å²) in [6.07, 6.45) is 0.375. The van der Waals surface area contributed by atoms with Crippen LogP contribution in [0.25, 0.3) is 0 Å². The molecule has 2 N–H and O–H groups in total. The number of aliphatic hydroxyl groups is 1. The van der Waals surface area contributed by atoms with Gasteiger partial charge in [0.15, 0.2) is 0 Å². The van der Waals surface area contributed by atoms with Gasteiger partial charge in [-0.15, -0.1) is 0 Å². The fraction of sp³-hybridized carbons (Fsp3) is 0.714. The van der Waals surface area contributed by atoms with Crippen molar-refractivity contribution in [1.29, 1.82) is 0 Å². The van der Waals surface area contributed by atoms with Gasteiger partial charge in [-0.25, -0.2) is 0 Å². The van der Waals surface area contributed by atoms with Crippen molar-refractivity contribution in [3.63, 3.8) is 0 Å². The van der Waals surface area contributed by atoms with Crippen LogP contribution in [0.15, 0.2) is 6.07 Å². The lowest BCUT2D eigenvalue weighted by Gasteiger charge is -2.17. The summed E-state index contributed by atoms with van der Waals surface area (Å²) in [5.74, 6) is 0.268. The van der Waals surface area contributed by atoms with Crippen LogP contribution in [0.2, 0.25) is 0 Å². The highest BCUT2D eigenvalue weighted by Crippen LogP contribution is 2.14. The first-order valence-electron chi connectivity index (χ1n) is 6.87. The average Bonchev–Trinajstić information content (AvgIpc) is 2.76. The lowest BCUT2D eigenvalue weighted by Crippen LogP contribution is -2.35. The Hall–Kier alpha value is -1.36. The first kappa shape index (κ1) is 15.7. The van der Waals surface area contributed by atoms with Gasteiger partial charge in [0, 0.05) is 19.3 Å². The summed E-state index contributed by atoms with van der Waals surface area (Å²) in [4.78, 5) is 12.0. The maximum absolute atomic E-state index is 12.0. The molecule has 19 heavy (non-hydrogen) atoms. The van der Waals surface area contributed by atoms with Crippen molar-refractivity contribution in [1.82, 2.24) is 15.1 Å². The molecule has 0 radical (unpaired) electrons. The summed E-state index contributed by atoms with van der Waals surface area (Å²) in [7, 11) is 1.83. The Morgan fingerprint density at radius 2 is 2.11 bits per heavy atom.